The SMILES string of the molecule is CCOc1cc(C2/C(=C(\O)c3ccc(OCC(C)C)cc3)C(=O)C(=O)N2c2ccc3c(c2)OCO3)ccc1O. The molecule has 0 spiro atoms. The number of ether oxygens (including phenoxy) is 4. The fourth-order valence-corrected chi connectivity index (χ4v) is 4.55. The van der Waals surface area contributed by atoms with Crippen molar-refractivity contribution in [3.63, 3.8) is 0 Å². The van der Waals surface area contributed by atoms with Gasteiger partial charge in [0.15, 0.2) is 23.0 Å². The summed E-state index contributed by atoms with van der Waals surface area (Å²) in [6.07, 6.45) is 0. The summed E-state index contributed by atoms with van der Waals surface area (Å²) in [5, 5.41) is 21.7. The summed E-state index contributed by atoms with van der Waals surface area (Å²) in [7, 11) is 0. The molecular weight excluding hydrogens is 502 g/mol. The second-order valence-electron chi connectivity index (χ2n) is 9.60. The zero-order chi connectivity index (χ0) is 27.7. The van der Waals surface area contributed by atoms with Crippen LogP contribution in [-0.4, -0.2) is 41.9 Å². The Balaban J connectivity index is 1.63. The maximum Gasteiger partial charge on any atom is 0.300 e. The summed E-state index contributed by atoms with van der Waals surface area (Å²) in [4.78, 5) is 28.3. The lowest BCUT2D eigenvalue weighted by Gasteiger charge is -2.26. The highest BCUT2D eigenvalue weighted by Crippen LogP contribution is 2.46. The number of aliphatic hydroxyl groups excluding tert-OH is 1. The molecule has 202 valence electrons. The molecule has 0 aliphatic carbocycles. The fraction of sp³-hybridized carbons (Fsp3) is 0.267. The topological polar surface area (TPSA) is 115 Å². The molecule has 2 N–H and O–H groups in total. The predicted octanol–water partition coefficient (Wildman–Crippen LogP) is 5.18. The lowest BCUT2D eigenvalue weighted by atomic mass is 9.94. The van der Waals surface area contributed by atoms with Gasteiger partial charge in [0.05, 0.1) is 24.8 Å². The second kappa shape index (κ2) is 10.6. The van der Waals surface area contributed by atoms with Gasteiger partial charge in [-0.3, -0.25) is 14.5 Å². The zero-order valence-corrected chi connectivity index (χ0v) is 21.8. The molecule has 5 rings (SSSR count). The van der Waals surface area contributed by atoms with Gasteiger partial charge in [-0.15, -0.1) is 0 Å². The van der Waals surface area contributed by atoms with Crippen LogP contribution in [0.15, 0.2) is 66.2 Å². The Morgan fingerprint density at radius 1 is 1.00 bits per heavy atom. The first kappa shape index (κ1) is 26.0. The average molecular weight is 532 g/mol. The molecule has 0 saturated carbocycles. The van der Waals surface area contributed by atoms with E-state index < -0.39 is 17.7 Å². The number of Topliss-reactive ketones (excluding diaryl/α,β-unsaturated/α-hetero) is 1. The summed E-state index contributed by atoms with van der Waals surface area (Å²) in [6, 6.07) is 15.2. The van der Waals surface area contributed by atoms with E-state index in [9.17, 15) is 19.8 Å². The number of benzene rings is 3. The highest BCUT2D eigenvalue weighted by Gasteiger charge is 2.47. The number of aromatic hydroxyl groups is 1. The number of fused-ring (bicyclic) bond motifs is 1. The molecule has 1 amide bonds. The van der Waals surface area contributed by atoms with Crippen LogP contribution in [0.4, 0.5) is 5.69 Å². The molecular formula is C30H29NO8. The van der Waals surface area contributed by atoms with E-state index in [4.69, 9.17) is 18.9 Å². The first-order chi connectivity index (χ1) is 18.8. The molecule has 3 aromatic carbocycles. The lowest BCUT2D eigenvalue weighted by molar-refractivity contribution is -0.132. The Labute approximate surface area is 225 Å². The molecule has 2 heterocycles. The van der Waals surface area contributed by atoms with Gasteiger partial charge >= 0.3 is 0 Å². The van der Waals surface area contributed by atoms with E-state index in [-0.39, 0.29) is 29.6 Å². The molecule has 0 bridgehead atoms. The number of amides is 1. The maximum atomic E-state index is 13.5. The van der Waals surface area contributed by atoms with Crippen molar-refractivity contribution in [3.05, 3.63) is 77.4 Å². The minimum absolute atomic E-state index is 0.0492. The Morgan fingerprint density at radius 3 is 2.46 bits per heavy atom. The van der Waals surface area contributed by atoms with E-state index in [0.29, 0.717) is 53.2 Å². The number of aliphatic hydroxyl groups is 1. The van der Waals surface area contributed by atoms with Gasteiger partial charge in [-0.25, -0.2) is 0 Å². The summed E-state index contributed by atoms with van der Waals surface area (Å²) < 4.78 is 22.2. The van der Waals surface area contributed by atoms with Crippen LogP contribution in [0.3, 0.4) is 0 Å². The number of carbonyl (C=O) groups is 2. The summed E-state index contributed by atoms with van der Waals surface area (Å²) >= 11 is 0. The fourth-order valence-electron chi connectivity index (χ4n) is 4.55. The van der Waals surface area contributed by atoms with Crippen LogP contribution in [0.1, 0.15) is 37.9 Å². The van der Waals surface area contributed by atoms with E-state index in [1.54, 1.807) is 61.5 Å². The van der Waals surface area contributed by atoms with Crippen molar-refractivity contribution in [3.8, 4) is 28.7 Å². The Kier molecular flexibility index (Phi) is 7.06. The molecule has 39 heavy (non-hydrogen) atoms. The first-order valence-corrected chi connectivity index (χ1v) is 12.7. The molecule has 2 aliphatic rings. The molecule has 1 fully saturated rings. The van der Waals surface area contributed by atoms with Gasteiger partial charge < -0.3 is 29.2 Å². The standard InChI is InChI=1S/C30H29NO8/c1-4-36-24-13-19(7-11-22(24)32)27-26(28(33)18-5-9-21(10-6-18)37-15-17(2)3)29(34)30(35)31(27)20-8-12-23-25(14-20)39-16-38-23/h5-14,17,27,32-33H,4,15-16H2,1-3H3/b28-26+. The summed E-state index contributed by atoms with van der Waals surface area (Å²) in [6.45, 7) is 6.74. The minimum atomic E-state index is -1.01. The van der Waals surface area contributed by atoms with Crippen molar-refractivity contribution < 1.29 is 38.7 Å². The number of phenols is 1. The molecule has 0 radical (unpaired) electrons. The molecule has 9 nitrogen and oxygen atoms in total. The van der Waals surface area contributed by atoms with Gasteiger partial charge in [0.2, 0.25) is 6.79 Å². The number of nitrogens with zero attached hydrogens (tertiary/aromatic N) is 1. The Hall–Kier alpha value is -4.66. The van der Waals surface area contributed by atoms with E-state index in [0.717, 1.165) is 0 Å². The van der Waals surface area contributed by atoms with Crippen molar-refractivity contribution in [2.75, 3.05) is 24.9 Å². The van der Waals surface area contributed by atoms with E-state index in [1.165, 1.54) is 11.0 Å². The van der Waals surface area contributed by atoms with Crippen LogP contribution in [0.25, 0.3) is 5.76 Å². The quantitative estimate of drug-likeness (QED) is 0.232. The number of carbonyl (C=O) groups excluding carboxylic acids is 2. The molecule has 9 heteroatoms. The van der Waals surface area contributed by atoms with Gasteiger partial charge in [-0.05, 0) is 66.9 Å². The van der Waals surface area contributed by atoms with Gasteiger partial charge in [-0.2, -0.15) is 0 Å². The number of ketones is 1. The highest BCUT2D eigenvalue weighted by atomic mass is 16.7. The van der Waals surface area contributed by atoms with Crippen LogP contribution in [0.2, 0.25) is 0 Å². The largest absolute Gasteiger partial charge is 0.507 e. The molecule has 3 aromatic rings. The average Bonchev–Trinajstić information content (AvgIpc) is 3.50. The van der Waals surface area contributed by atoms with Crippen molar-refractivity contribution in [1.29, 1.82) is 0 Å². The Bertz CT molecular complexity index is 1440. The zero-order valence-electron chi connectivity index (χ0n) is 21.8. The molecule has 2 aliphatic heterocycles. The predicted molar refractivity (Wildman–Crippen MR) is 143 cm³/mol. The van der Waals surface area contributed by atoms with Crippen LogP contribution in [-0.2, 0) is 9.59 Å². The van der Waals surface area contributed by atoms with Gasteiger partial charge in [0.25, 0.3) is 11.7 Å². The number of hydrogen-bond donors (Lipinski definition) is 2. The summed E-state index contributed by atoms with van der Waals surface area (Å²) in [5.41, 5.74) is 1.10. The second-order valence-corrected chi connectivity index (χ2v) is 9.60. The number of anilines is 1. The van der Waals surface area contributed by atoms with Gasteiger partial charge in [-0.1, -0.05) is 19.9 Å². The monoisotopic (exact) mass is 531 g/mol. The first-order valence-electron chi connectivity index (χ1n) is 12.7. The molecule has 1 saturated heterocycles. The van der Waals surface area contributed by atoms with E-state index in [2.05, 4.69) is 0 Å². The third-order valence-electron chi connectivity index (χ3n) is 6.39. The number of phenolic OH excluding ortho intramolecular Hbond substituents is 1. The normalized spacial score (nSPS) is 17.6. The number of hydrogen-bond acceptors (Lipinski definition) is 8. The van der Waals surface area contributed by atoms with Crippen LogP contribution in [0.5, 0.6) is 28.7 Å². The summed E-state index contributed by atoms with van der Waals surface area (Å²) in [5.74, 6) is 0.0404. The van der Waals surface area contributed by atoms with Gasteiger partial charge in [0.1, 0.15) is 11.5 Å². The Morgan fingerprint density at radius 2 is 1.74 bits per heavy atom. The van der Waals surface area contributed by atoms with Crippen molar-refractivity contribution in [2.45, 2.75) is 26.8 Å². The van der Waals surface area contributed by atoms with E-state index >= 15 is 0 Å². The van der Waals surface area contributed by atoms with Crippen LogP contribution < -0.4 is 23.8 Å². The van der Waals surface area contributed by atoms with Crippen molar-refractivity contribution in [1.82, 2.24) is 0 Å². The third-order valence-corrected chi connectivity index (χ3v) is 6.39. The lowest BCUT2D eigenvalue weighted by Crippen LogP contribution is -2.29. The van der Waals surface area contributed by atoms with Crippen molar-refractivity contribution in [2.24, 2.45) is 5.92 Å². The third kappa shape index (κ3) is 4.95. The van der Waals surface area contributed by atoms with Crippen LogP contribution >= 0.6 is 0 Å². The molecule has 1 atom stereocenters. The molecule has 0 aromatic heterocycles. The highest BCUT2D eigenvalue weighted by molar-refractivity contribution is 6.51. The number of rotatable bonds is 8. The smallest absolute Gasteiger partial charge is 0.300 e. The van der Waals surface area contributed by atoms with E-state index in [1.807, 2.05) is 13.8 Å². The van der Waals surface area contributed by atoms with Gasteiger partial charge in [0, 0.05) is 17.3 Å². The molecule has 1 unspecified atom stereocenters. The maximum absolute atomic E-state index is 13.5. The van der Waals surface area contributed by atoms with Crippen LogP contribution in [0, 0.1) is 5.92 Å². The van der Waals surface area contributed by atoms with Crippen molar-refractivity contribution >= 4 is 23.1 Å². The minimum Gasteiger partial charge on any atom is -0.507 e.